The minimum atomic E-state index is 0.980. The number of aryl methyl sites for hydroxylation is 4. The van der Waals surface area contributed by atoms with Gasteiger partial charge >= 0.3 is 0 Å². The summed E-state index contributed by atoms with van der Waals surface area (Å²) in [5.74, 6) is 0. The van der Waals surface area contributed by atoms with Crippen LogP contribution in [-0.4, -0.2) is 0 Å². The number of allylic oxidation sites excluding steroid dienone is 4. The second-order valence-corrected chi connectivity index (χ2v) is 8.05. The first-order valence-electron chi connectivity index (χ1n) is 10.4. The van der Waals surface area contributed by atoms with E-state index in [1.54, 1.807) is 0 Å². The van der Waals surface area contributed by atoms with E-state index in [0.29, 0.717) is 0 Å². The Bertz CT molecular complexity index is 710. The van der Waals surface area contributed by atoms with Gasteiger partial charge in [-0.15, -0.1) is 0 Å². The van der Waals surface area contributed by atoms with Crippen molar-refractivity contribution in [1.29, 1.82) is 0 Å². The lowest BCUT2D eigenvalue weighted by Gasteiger charge is -2.13. The molecule has 0 amide bonds. The van der Waals surface area contributed by atoms with E-state index in [2.05, 4.69) is 74.8 Å². The van der Waals surface area contributed by atoms with Crippen molar-refractivity contribution in [2.75, 3.05) is 0 Å². The average molecular weight is 369 g/mol. The van der Waals surface area contributed by atoms with Crippen LogP contribution in [0.25, 0.3) is 0 Å². The average Bonchev–Trinajstić information content (AvgIpc) is 2.73. The van der Waals surface area contributed by atoms with E-state index in [-0.39, 0.29) is 0 Å². The molecular weight excluding hydrogens is 336 g/mol. The molecule has 0 atom stereocenters. The van der Waals surface area contributed by atoms with Crippen molar-refractivity contribution in [2.24, 2.45) is 0 Å². The van der Waals surface area contributed by atoms with Crippen LogP contribution in [0.1, 0.15) is 47.9 Å². The van der Waals surface area contributed by atoms with Crippen LogP contribution in [0, 0.1) is 0 Å². The monoisotopic (exact) mass is 368 g/mol. The van der Waals surface area contributed by atoms with Crippen LogP contribution in [-0.2, 0) is 25.7 Å². The quantitative estimate of drug-likeness (QED) is 0.456. The third-order valence-corrected chi connectivity index (χ3v) is 5.91. The number of hydrogen-bond acceptors (Lipinski definition) is 0. The molecular formula is C28H32. The van der Waals surface area contributed by atoms with E-state index in [1.165, 1.54) is 44.5 Å². The Kier molecular flexibility index (Phi) is 6.87. The van der Waals surface area contributed by atoms with Gasteiger partial charge in [0.15, 0.2) is 0 Å². The van der Waals surface area contributed by atoms with Gasteiger partial charge in [0.1, 0.15) is 0 Å². The molecule has 0 spiro atoms. The molecule has 0 radical (unpaired) electrons. The molecule has 0 saturated carbocycles. The number of hydrogen-bond donors (Lipinski definition) is 0. The van der Waals surface area contributed by atoms with E-state index in [0.717, 1.165) is 51.4 Å². The molecule has 0 fully saturated rings. The Labute approximate surface area is 171 Å². The largest absolute Gasteiger partial charge is 0.0956 e. The molecule has 0 aliphatic heterocycles. The second kappa shape index (κ2) is 9.55. The summed E-state index contributed by atoms with van der Waals surface area (Å²) in [5, 5.41) is 0. The normalized spacial score (nSPS) is 17.1. The molecule has 0 heteroatoms. The molecule has 28 heavy (non-hydrogen) atoms. The van der Waals surface area contributed by atoms with Gasteiger partial charge in [-0.1, -0.05) is 97.1 Å². The molecule has 0 heterocycles. The van der Waals surface area contributed by atoms with Gasteiger partial charge in [0.05, 0.1) is 0 Å². The lowest BCUT2D eigenvalue weighted by Crippen LogP contribution is -1.97. The topological polar surface area (TPSA) is 0 Å². The molecule has 144 valence electrons. The molecule has 6 rings (SSSR count). The van der Waals surface area contributed by atoms with Crippen LogP contribution < -0.4 is 0 Å². The molecule has 2 aromatic rings. The molecule has 2 aromatic carbocycles. The third kappa shape index (κ3) is 5.70. The molecule has 0 unspecified atom stereocenters. The predicted octanol–water partition coefficient (Wildman–Crippen LogP) is 7.36. The zero-order valence-corrected chi connectivity index (χ0v) is 17.1. The molecule has 0 aromatic heterocycles. The third-order valence-electron chi connectivity index (χ3n) is 5.91. The zero-order valence-electron chi connectivity index (χ0n) is 17.1. The van der Waals surface area contributed by atoms with Crippen LogP contribution in [0.2, 0.25) is 0 Å². The summed E-state index contributed by atoms with van der Waals surface area (Å²) < 4.78 is 0. The molecule has 4 aliphatic rings. The second-order valence-electron chi connectivity index (χ2n) is 8.05. The lowest BCUT2D eigenvalue weighted by atomic mass is 9.93. The standard InChI is InChI=1S/C28H32/c1-21-5-9-25-13-15-27(16-14-25)11-7-23(3)24(4)8-12-28-19-17-26(18-20-28)10-6-22(21)2/h13-20H,1-12H2. The summed E-state index contributed by atoms with van der Waals surface area (Å²) in [7, 11) is 0. The van der Waals surface area contributed by atoms with Crippen molar-refractivity contribution < 1.29 is 0 Å². The van der Waals surface area contributed by atoms with E-state index in [1.807, 2.05) is 0 Å². The summed E-state index contributed by atoms with van der Waals surface area (Å²) in [6, 6.07) is 18.0. The van der Waals surface area contributed by atoms with E-state index < -0.39 is 0 Å². The van der Waals surface area contributed by atoms with Gasteiger partial charge in [-0.2, -0.15) is 0 Å². The fourth-order valence-corrected chi connectivity index (χ4v) is 3.63. The Morgan fingerprint density at radius 1 is 0.321 bits per heavy atom. The highest BCUT2D eigenvalue weighted by molar-refractivity contribution is 5.32. The van der Waals surface area contributed by atoms with Gasteiger partial charge in [0, 0.05) is 0 Å². The predicted molar refractivity (Wildman–Crippen MR) is 123 cm³/mol. The Balaban J connectivity index is 1.74. The van der Waals surface area contributed by atoms with Crippen LogP contribution in [0.5, 0.6) is 0 Å². The van der Waals surface area contributed by atoms with Crippen molar-refractivity contribution in [2.45, 2.75) is 51.4 Å². The summed E-state index contributed by atoms with van der Waals surface area (Å²) in [6.45, 7) is 17.1. The smallest absolute Gasteiger partial charge is 0.0238 e. The Morgan fingerprint density at radius 2 is 0.500 bits per heavy atom. The molecule has 0 N–H and O–H groups in total. The molecule has 4 bridgehead atoms. The fraction of sp³-hybridized carbons (Fsp3) is 0.286. The first-order chi connectivity index (χ1) is 13.5. The maximum Gasteiger partial charge on any atom is -0.0238 e. The highest BCUT2D eigenvalue weighted by Gasteiger charge is 2.06. The molecule has 0 saturated heterocycles. The van der Waals surface area contributed by atoms with Crippen LogP contribution >= 0.6 is 0 Å². The van der Waals surface area contributed by atoms with E-state index >= 15 is 0 Å². The van der Waals surface area contributed by atoms with Crippen molar-refractivity contribution >= 4 is 0 Å². The van der Waals surface area contributed by atoms with Crippen molar-refractivity contribution in [3.05, 3.63) is 119 Å². The lowest BCUT2D eigenvalue weighted by molar-refractivity contribution is 0.876. The van der Waals surface area contributed by atoms with Crippen molar-refractivity contribution in [1.82, 2.24) is 0 Å². The minimum absolute atomic E-state index is 0.980. The van der Waals surface area contributed by atoms with Gasteiger partial charge in [0.2, 0.25) is 0 Å². The summed E-state index contributed by atoms with van der Waals surface area (Å²) in [5.41, 5.74) is 10.2. The van der Waals surface area contributed by atoms with Gasteiger partial charge in [-0.05, 0) is 73.6 Å². The number of rotatable bonds is 0. The molecule has 4 aliphatic carbocycles. The summed E-state index contributed by atoms with van der Waals surface area (Å²) in [4.78, 5) is 0. The SMILES string of the molecule is C=C1CCc2ccc(cc2)CCC(=C)C(=C)CCc2ccc(cc2)CCC1=C. The summed E-state index contributed by atoms with van der Waals surface area (Å²) >= 11 is 0. The van der Waals surface area contributed by atoms with Crippen molar-refractivity contribution in [3.63, 3.8) is 0 Å². The summed E-state index contributed by atoms with van der Waals surface area (Å²) in [6.07, 6.45) is 8.02. The minimum Gasteiger partial charge on any atom is -0.0956 e. The van der Waals surface area contributed by atoms with Gasteiger partial charge in [0.25, 0.3) is 0 Å². The highest BCUT2D eigenvalue weighted by atomic mass is 14.1. The Hall–Kier alpha value is -2.60. The van der Waals surface area contributed by atoms with Crippen molar-refractivity contribution in [3.8, 4) is 0 Å². The Morgan fingerprint density at radius 3 is 0.679 bits per heavy atom. The maximum atomic E-state index is 4.27. The van der Waals surface area contributed by atoms with Gasteiger partial charge < -0.3 is 0 Å². The first kappa shape index (κ1) is 20.1. The van der Waals surface area contributed by atoms with E-state index in [9.17, 15) is 0 Å². The van der Waals surface area contributed by atoms with E-state index in [4.69, 9.17) is 0 Å². The van der Waals surface area contributed by atoms with Crippen LogP contribution in [0.4, 0.5) is 0 Å². The number of benzene rings is 2. The van der Waals surface area contributed by atoms with Crippen LogP contribution in [0.15, 0.2) is 97.1 Å². The highest BCUT2D eigenvalue weighted by Crippen LogP contribution is 2.22. The van der Waals surface area contributed by atoms with Crippen LogP contribution in [0.3, 0.4) is 0 Å². The zero-order chi connectivity index (χ0) is 19.9. The fourth-order valence-electron chi connectivity index (χ4n) is 3.63. The molecule has 0 nitrogen and oxygen atoms in total. The van der Waals surface area contributed by atoms with Gasteiger partial charge in [-0.25, -0.2) is 0 Å². The van der Waals surface area contributed by atoms with Gasteiger partial charge in [-0.3, -0.25) is 0 Å². The maximum absolute atomic E-state index is 4.27. The first-order valence-corrected chi connectivity index (χ1v) is 10.4.